The number of Topliss-reactive ketones (excluding diaryl/α,β-unsaturated/α-hetero) is 1. The summed E-state index contributed by atoms with van der Waals surface area (Å²) < 4.78 is 5.84. The summed E-state index contributed by atoms with van der Waals surface area (Å²) in [6.45, 7) is 6.28. The molecule has 0 aliphatic heterocycles. The predicted molar refractivity (Wildman–Crippen MR) is 57.3 cm³/mol. The predicted octanol–water partition coefficient (Wildman–Crippen LogP) is 2.95. The molecule has 0 saturated heterocycles. The van der Waals surface area contributed by atoms with Gasteiger partial charge in [0.05, 0.1) is 5.60 Å². The van der Waals surface area contributed by atoms with Crippen LogP contribution in [0.3, 0.4) is 0 Å². The molecule has 0 atom stereocenters. The van der Waals surface area contributed by atoms with Crippen molar-refractivity contribution in [3.05, 3.63) is 0 Å². The maximum Gasteiger partial charge on any atom is 0.155 e. The molecule has 14 heavy (non-hydrogen) atoms. The van der Waals surface area contributed by atoms with Gasteiger partial charge in [-0.25, -0.2) is 0 Å². The van der Waals surface area contributed by atoms with Crippen LogP contribution in [0, 0.1) is 5.92 Å². The van der Waals surface area contributed by atoms with Crippen molar-refractivity contribution in [2.45, 2.75) is 58.5 Å². The number of ketones is 1. The second-order valence-corrected chi connectivity index (χ2v) is 4.77. The number of hydrogen-bond donors (Lipinski definition) is 0. The smallest absolute Gasteiger partial charge is 0.155 e. The lowest BCUT2D eigenvalue weighted by atomic mass is 9.77. The van der Waals surface area contributed by atoms with Gasteiger partial charge in [0.2, 0.25) is 0 Å². The molecule has 1 aliphatic carbocycles. The first-order chi connectivity index (χ1) is 6.57. The molecule has 1 aliphatic rings. The van der Waals surface area contributed by atoms with E-state index in [1.54, 1.807) is 6.92 Å². The van der Waals surface area contributed by atoms with E-state index >= 15 is 0 Å². The first-order valence-corrected chi connectivity index (χ1v) is 5.70. The van der Waals surface area contributed by atoms with E-state index in [1.165, 1.54) is 19.3 Å². The highest BCUT2D eigenvalue weighted by Gasteiger charge is 2.36. The summed E-state index contributed by atoms with van der Waals surface area (Å²) in [5, 5.41) is 0. The van der Waals surface area contributed by atoms with Gasteiger partial charge in [-0.1, -0.05) is 33.1 Å². The summed E-state index contributed by atoms with van der Waals surface area (Å²) in [4.78, 5) is 10.9. The topological polar surface area (TPSA) is 26.3 Å². The fraction of sp³-hybridized carbons (Fsp3) is 0.917. The monoisotopic (exact) mass is 198 g/mol. The van der Waals surface area contributed by atoms with Crippen molar-refractivity contribution in [3.8, 4) is 0 Å². The summed E-state index contributed by atoms with van der Waals surface area (Å²) in [5.74, 6) is 0.651. The maximum atomic E-state index is 10.9. The number of ether oxygens (including phenoxy) is 1. The van der Waals surface area contributed by atoms with Gasteiger partial charge in [-0.2, -0.15) is 0 Å². The number of carbonyl (C=O) groups excluding carboxylic acids is 1. The molecule has 82 valence electrons. The summed E-state index contributed by atoms with van der Waals surface area (Å²) >= 11 is 0. The Kier molecular flexibility index (Phi) is 4.11. The highest BCUT2D eigenvalue weighted by atomic mass is 16.5. The summed E-state index contributed by atoms with van der Waals surface area (Å²) in [6, 6.07) is 0. The third kappa shape index (κ3) is 2.81. The Hall–Kier alpha value is -0.370. The lowest BCUT2D eigenvalue weighted by Crippen LogP contribution is -2.41. The van der Waals surface area contributed by atoms with E-state index in [-0.39, 0.29) is 18.0 Å². The Bertz CT molecular complexity index is 190. The van der Waals surface area contributed by atoms with E-state index in [0.717, 1.165) is 12.8 Å². The van der Waals surface area contributed by atoms with Gasteiger partial charge in [0.25, 0.3) is 0 Å². The van der Waals surface area contributed by atoms with Gasteiger partial charge < -0.3 is 4.74 Å². The van der Waals surface area contributed by atoms with E-state index in [2.05, 4.69) is 13.8 Å². The molecule has 2 nitrogen and oxygen atoms in total. The van der Waals surface area contributed by atoms with Crippen molar-refractivity contribution in [3.63, 3.8) is 0 Å². The Morgan fingerprint density at radius 3 is 2.29 bits per heavy atom. The highest BCUT2D eigenvalue weighted by molar-refractivity contribution is 5.76. The number of carbonyl (C=O) groups is 1. The van der Waals surface area contributed by atoms with Crippen molar-refractivity contribution in [2.24, 2.45) is 5.92 Å². The molecule has 0 spiro atoms. The fourth-order valence-electron chi connectivity index (χ4n) is 2.28. The van der Waals surface area contributed by atoms with E-state index in [9.17, 15) is 4.79 Å². The maximum absolute atomic E-state index is 10.9. The van der Waals surface area contributed by atoms with Crippen molar-refractivity contribution >= 4 is 5.78 Å². The van der Waals surface area contributed by atoms with Gasteiger partial charge in [-0.05, 0) is 25.7 Å². The molecular weight excluding hydrogens is 176 g/mol. The van der Waals surface area contributed by atoms with Crippen molar-refractivity contribution < 1.29 is 9.53 Å². The number of rotatable bonds is 4. The Balaban J connectivity index is 2.56. The molecule has 0 N–H and O–H groups in total. The third-order valence-corrected chi connectivity index (χ3v) is 3.31. The van der Waals surface area contributed by atoms with E-state index < -0.39 is 0 Å². The van der Waals surface area contributed by atoms with Crippen LogP contribution in [0.2, 0.25) is 0 Å². The van der Waals surface area contributed by atoms with Crippen LogP contribution >= 0.6 is 0 Å². The first kappa shape index (κ1) is 11.7. The summed E-state index contributed by atoms with van der Waals surface area (Å²) in [7, 11) is 0. The first-order valence-electron chi connectivity index (χ1n) is 5.70. The summed E-state index contributed by atoms with van der Waals surface area (Å²) in [6.07, 6.45) is 6.06. The van der Waals surface area contributed by atoms with Crippen LogP contribution in [-0.4, -0.2) is 18.0 Å². The van der Waals surface area contributed by atoms with Crippen molar-refractivity contribution in [2.75, 3.05) is 6.61 Å². The average molecular weight is 198 g/mol. The van der Waals surface area contributed by atoms with Gasteiger partial charge in [0, 0.05) is 0 Å². The zero-order valence-electron chi connectivity index (χ0n) is 9.64. The molecule has 1 fully saturated rings. The SMILES string of the molecule is CC(=O)COC1(C(C)C)CCCCC1. The van der Waals surface area contributed by atoms with Crippen molar-refractivity contribution in [1.82, 2.24) is 0 Å². The third-order valence-electron chi connectivity index (χ3n) is 3.31. The summed E-state index contributed by atoms with van der Waals surface area (Å²) in [5.41, 5.74) is -0.01000. The molecule has 0 heterocycles. The molecule has 0 bridgehead atoms. The zero-order valence-corrected chi connectivity index (χ0v) is 9.64. The van der Waals surface area contributed by atoms with Crippen LogP contribution in [0.15, 0.2) is 0 Å². The standard InChI is InChI=1S/C12H22O2/c1-10(2)12(14-9-11(3)13)7-5-4-6-8-12/h10H,4-9H2,1-3H3. The molecule has 0 aromatic rings. The zero-order chi connectivity index (χ0) is 10.6. The van der Waals surface area contributed by atoms with Gasteiger partial charge in [-0.3, -0.25) is 4.79 Å². The molecular formula is C12H22O2. The highest BCUT2D eigenvalue weighted by Crippen LogP contribution is 2.37. The molecule has 0 radical (unpaired) electrons. The van der Waals surface area contributed by atoms with Gasteiger partial charge in [-0.15, -0.1) is 0 Å². The van der Waals surface area contributed by atoms with Crippen LogP contribution in [-0.2, 0) is 9.53 Å². The lowest BCUT2D eigenvalue weighted by molar-refractivity contribution is -0.138. The normalized spacial score (nSPS) is 21.1. The minimum absolute atomic E-state index is 0.01000. The van der Waals surface area contributed by atoms with Crippen LogP contribution in [0.5, 0.6) is 0 Å². The molecule has 2 heteroatoms. The molecule has 0 aromatic carbocycles. The fourth-order valence-corrected chi connectivity index (χ4v) is 2.28. The Morgan fingerprint density at radius 2 is 1.86 bits per heavy atom. The minimum Gasteiger partial charge on any atom is -0.367 e. The van der Waals surface area contributed by atoms with E-state index in [1.807, 2.05) is 0 Å². The Labute approximate surface area is 87.0 Å². The largest absolute Gasteiger partial charge is 0.367 e. The van der Waals surface area contributed by atoms with Gasteiger partial charge >= 0.3 is 0 Å². The number of hydrogen-bond acceptors (Lipinski definition) is 2. The molecule has 1 saturated carbocycles. The van der Waals surface area contributed by atoms with Crippen LogP contribution < -0.4 is 0 Å². The second-order valence-electron chi connectivity index (χ2n) is 4.77. The quantitative estimate of drug-likeness (QED) is 0.694. The van der Waals surface area contributed by atoms with E-state index in [4.69, 9.17) is 4.74 Å². The molecule has 1 rings (SSSR count). The van der Waals surface area contributed by atoms with Crippen molar-refractivity contribution in [1.29, 1.82) is 0 Å². The lowest BCUT2D eigenvalue weighted by Gasteiger charge is -2.40. The van der Waals surface area contributed by atoms with Crippen LogP contribution in [0.25, 0.3) is 0 Å². The van der Waals surface area contributed by atoms with Crippen LogP contribution in [0.4, 0.5) is 0 Å². The Morgan fingerprint density at radius 1 is 1.29 bits per heavy atom. The van der Waals surface area contributed by atoms with Gasteiger partial charge in [0.15, 0.2) is 5.78 Å². The van der Waals surface area contributed by atoms with Gasteiger partial charge in [0.1, 0.15) is 6.61 Å². The average Bonchev–Trinajstić information content (AvgIpc) is 2.16. The molecule has 0 amide bonds. The minimum atomic E-state index is -0.01000. The van der Waals surface area contributed by atoms with E-state index in [0.29, 0.717) is 5.92 Å². The molecule has 0 aromatic heterocycles. The second kappa shape index (κ2) is 4.92. The van der Waals surface area contributed by atoms with Crippen LogP contribution in [0.1, 0.15) is 52.9 Å². The molecule has 0 unspecified atom stereocenters.